The van der Waals surface area contributed by atoms with E-state index < -0.39 is 24.5 Å². The van der Waals surface area contributed by atoms with Gasteiger partial charge in [-0.3, -0.25) is 14.9 Å². The Morgan fingerprint density at radius 2 is 1.92 bits per heavy atom. The summed E-state index contributed by atoms with van der Waals surface area (Å²) in [6.45, 7) is 3.19. The number of anilines is 1. The molecule has 0 aliphatic carbocycles. The molecule has 0 saturated carbocycles. The van der Waals surface area contributed by atoms with Crippen LogP contribution in [0.5, 0.6) is 0 Å². The molecular formula is C17H20N4O4S. The number of benzene rings is 1. The number of rotatable bonds is 8. The number of aromatic nitrogens is 2. The summed E-state index contributed by atoms with van der Waals surface area (Å²) in [5.41, 5.74) is 0.450. The summed E-state index contributed by atoms with van der Waals surface area (Å²) in [5, 5.41) is 13.7. The molecule has 1 atom stereocenters. The quantitative estimate of drug-likeness (QED) is 0.681. The van der Waals surface area contributed by atoms with E-state index in [1.54, 1.807) is 37.3 Å². The van der Waals surface area contributed by atoms with Gasteiger partial charge in [0.15, 0.2) is 6.61 Å². The van der Waals surface area contributed by atoms with Crippen LogP contribution in [0.3, 0.4) is 0 Å². The zero-order chi connectivity index (χ0) is 18.9. The fourth-order valence-corrected chi connectivity index (χ4v) is 2.72. The zero-order valence-electron chi connectivity index (χ0n) is 14.5. The number of esters is 1. The number of nitrogens with one attached hydrogen (secondary N) is 2. The maximum Gasteiger partial charge on any atom is 0.329 e. The lowest BCUT2D eigenvalue weighted by atomic mass is 10.1. The van der Waals surface area contributed by atoms with E-state index in [0.29, 0.717) is 28.5 Å². The summed E-state index contributed by atoms with van der Waals surface area (Å²) < 4.78 is 5.03. The first-order valence-electron chi connectivity index (χ1n) is 8.12. The lowest BCUT2D eigenvalue weighted by molar-refractivity contribution is -0.149. The molecule has 0 spiro atoms. The SMILES string of the molecule is CCCC(NC(=O)c1ccccc1)C(=O)OCC(=O)Nc1nnc(C)s1. The van der Waals surface area contributed by atoms with Crippen molar-refractivity contribution in [1.82, 2.24) is 15.5 Å². The van der Waals surface area contributed by atoms with E-state index in [2.05, 4.69) is 20.8 Å². The highest BCUT2D eigenvalue weighted by Crippen LogP contribution is 2.13. The smallest absolute Gasteiger partial charge is 0.329 e. The van der Waals surface area contributed by atoms with Gasteiger partial charge in [0, 0.05) is 5.56 Å². The molecule has 2 rings (SSSR count). The highest BCUT2D eigenvalue weighted by molar-refractivity contribution is 7.15. The summed E-state index contributed by atoms with van der Waals surface area (Å²) in [4.78, 5) is 36.2. The van der Waals surface area contributed by atoms with Crippen molar-refractivity contribution < 1.29 is 19.1 Å². The minimum absolute atomic E-state index is 0.339. The summed E-state index contributed by atoms with van der Waals surface area (Å²) in [6, 6.07) is 7.77. The van der Waals surface area contributed by atoms with Gasteiger partial charge in [0.25, 0.3) is 11.8 Å². The summed E-state index contributed by atoms with van der Waals surface area (Å²) in [7, 11) is 0. The third-order valence-corrected chi connectivity index (χ3v) is 4.08. The van der Waals surface area contributed by atoms with Crippen LogP contribution in [0.15, 0.2) is 30.3 Å². The predicted molar refractivity (Wildman–Crippen MR) is 96.8 cm³/mol. The molecule has 8 nitrogen and oxygen atoms in total. The molecule has 9 heteroatoms. The molecule has 1 aromatic heterocycles. The Hall–Kier alpha value is -2.81. The summed E-state index contributed by atoms with van der Waals surface area (Å²) in [5.74, 6) is -1.53. The van der Waals surface area contributed by atoms with Crippen molar-refractivity contribution in [2.75, 3.05) is 11.9 Å². The fourth-order valence-electron chi connectivity index (χ4n) is 2.11. The van der Waals surface area contributed by atoms with Crippen molar-refractivity contribution in [1.29, 1.82) is 0 Å². The van der Waals surface area contributed by atoms with Gasteiger partial charge in [-0.05, 0) is 25.5 Å². The van der Waals surface area contributed by atoms with Gasteiger partial charge >= 0.3 is 5.97 Å². The van der Waals surface area contributed by atoms with Gasteiger partial charge in [-0.1, -0.05) is 42.9 Å². The summed E-state index contributed by atoms with van der Waals surface area (Å²) in [6.07, 6.45) is 1.08. The van der Waals surface area contributed by atoms with E-state index in [0.717, 1.165) is 0 Å². The Balaban J connectivity index is 1.87. The highest BCUT2D eigenvalue weighted by Gasteiger charge is 2.23. The number of amides is 2. The van der Waals surface area contributed by atoms with E-state index >= 15 is 0 Å². The van der Waals surface area contributed by atoms with Crippen LogP contribution in [0.25, 0.3) is 0 Å². The first-order valence-corrected chi connectivity index (χ1v) is 8.93. The average Bonchev–Trinajstić information content (AvgIpc) is 3.04. The fraction of sp³-hybridized carbons (Fsp3) is 0.353. The average molecular weight is 376 g/mol. The number of carbonyl (C=O) groups is 3. The Kier molecular flexibility index (Phi) is 7.22. The number of ether oxygens (including phenoxy) is 1. The van der Waals surface area contributed by atoms with Crippen LogP contribution < -0.4 is 10.6 Å². The van der Waals surface area contributed by atoms with E-state index in [9.17, 15) is 14.4 Å². The standard InChI is InChI=1S/C17H20N4O4S/c1-3-7-13(18-15(23)12-8-5-4-6-9-12)16(24)25-10-14(22)19-17-21-20-11(2)26-17/h4-6,8-9,13H,3,7,10H2,1-2H3,(H,18,23)(H,19,21,22). The van der Waals surface area contributed by atoms with Crippen LogP contribution in [0.2, 0.25) is 0 Å². The highest BCUT2D eigenvalue weighted by atomic mass is 32.1. The van der Waals surface area contributed by atoms with Crippen molar-refractivity contribution in [2.45, 2.75) is 32.7 Å². The third kappa shape index (κ3) is 5.92. The molecule has 0 fully saturated rings. The first kappa shape index (κ1) is 19.5. The number of hydrogen-bond acceptors (Lipinski definition) is 7. The largest absolute Gasteiger partial charge is 0.454 e. The van der Waals surface area contributed by atoms with Gasteiger partial charge in [-0.2, -0.15) is 0 Å². The molecule has 0 radical (unpaired) electrons. The number of carbonyl (C=O) groups excluding carboxylic acids is 3. The van der Waals surface area contributed by atoms with Gasteiger partial charge in [0.1, 0.15) is 11.0 Å². The molecule has 26 heavy (non-hydrogen) atoms. The van der Waals surface area contributed by atoms with Crippen LogP contribution >= 0.6 is 11.3 Å². The van der Waals surface area contributed by atoms with E-state index in [-0.39, 0.29) is 5.91 Å². The molecule has 0 saturated heterocycles. The molecule has 1 aromatic carbocycles. The molecule has 0 bridgehead atoms. The van der Waals surface area contributed by atoms with Gasteiger partial charge in [-0.25, -0.2) is 4.79 Å². The normalized spacial score (nSPS) is 11.5. The molecule has 1 unspecified atom stereocenters. The molecule has 2 N–H and O–H groups in total. The Bertz CT molecular complexity index is 763. The number of hydrogen-bond donors (Lipinski definition) is 2. The van der Waals surface area contributed by atoms with Gasteiger partial charge in [0.2, 0.25) is 5.13 Å². The number of nitrogens with zero attached hydrogens (tertiary/aromatic N) is 2. The lowest BCUT2D eigenvalue weighted by Gasteiger charge is -2.17. The Morgan fingerprint density at radius 3 is 2.54 bits per heavy atom. The van der Waals surface area contributed by atoms with Crippen molar-refractivity contribution in [3.05, 3.63) is 40.9 Å². The second kappa shape index (κ2) is 9.62. The lowest BCUT2D eigenvalue weighted by Crippen LogP contribution is -2.42. The molecule has 1 heterocycles. The first-order chi connectivity index (χ1) is 12.5. The van der Waals surface area contributed by atoms with Crippen LogP contribution in [-0.2, 0) is 14.3 Å². The second-order valence-electron chi connectivity index (χ2n) is 5.46. The maximum absolute atomic E-state index is 12.2. The van der Waals surface area contributed by atoms with Crippen LogP contribution in [0.1, 0.15) is 35.1 Å². The van der Waals surface area contributed by atoms with Crippen molar-refractivity contribution in [3.8, 4) is 0 Å². The maximum atomic E-state index is 12.2. The Labute approximate surface area is 155 Å². The van der Waals surface area contributed by atoms with Crippen LogP contribution in [0, 0.1) is 6.92 Å². The minimum Gasteiger partial charge on any atom is -0.454 e. The van der Waals surface area contributed by atoms with Crippen LogP contribution in [0.4, 0.5) is 5.13 Å². The minimum atomic E-state index is -0.815. The van der Waals surface area contributed by atoms with Crippen molar-refractivity contribution >= 4 is 34.3 Å². The second-order valence-corrected chi connectivity index (χ2v) is 6.64. The van der Waals surface area contributed by atoms with Gasteiger partial charge < -0.3 is 10.1 Å². The van der Waals surface area contributed by atoms with Crippen molar-refractivity contribution in [2.24, 2.45) is 0 Å². The monoisotopic (exact) mass is 376 g/mol. The Morgan fingerprint density at radius 1 is 1.19 bits per heavy atom. The molecular weight excluding hydrogens is 356 g/mol. The molecule has 2 amide bonds. The van der Waals surface area contributed by atoms with Gasteiger partial charge in [0.05, 0.1) is 0 Å². The van der Waals surface area contributed by atoms with E-state index in [1.165, 1.54) is 11.3 Å². The molecule has 0 aliphatic heterocycles. The third-order valence-electron chi connectivity index (χ3n) is 3.32. The van der Waals surface area contributed by atoms with Crippen LogP contribution in [-0.4, -0.2) is 40.6 Å². The molecule has 2 aromatic rings. The van der Waals surface area contributed by atoms with E-state index in [4.69, 9.17) is 4.74 Å². The number of aryl methyl sites for hydroxylation is 1. The van der Waals surface area contributed by atoms with Gasteiger partial charge in [-0.15, -0.1) is 10.2 Å². The molecule has 138 valence electrons. The summed E-state index contributed by atoms with van der Waals surface area (Å²) >= 11 is 1.22. The van der Waals surface area contributed by atoms with Crippen molar-refractivity contribution in [3.63, 3.8) is 0 Å². The van der Waals surface area contributed by atoms with E-state index in [1.807, 2.05) is 6.92 Å². The zero-order valence-corrected chi connectivity index (χ0v) is 15.3. The molecule has 0 aliphatic rings. The topological polar surface area (TPSA) is 110 Å². The predicted octanol–water partition coefficient (Wildman–Crippen LogP) is 1.93.